The van der Waals surface area contributed by atoms with Crippen molar-refractivity contribution in [2.75, 3.05) is 26.2 Å². The summed E-state index contributed by atoms with van der Waals surface area (Å²) in [6, 6.07) is 12.5. The minimum atomic E-state index is 0.161. The number of nitriles is 1. The fraction of sp³-hybridized carbons (Fsp3) is 0.462. The van der Waals surface area contributed by atoms with Gasteiger partial charge in [0.15, 0.2) is 0 Å². The van der Waals surface area contributed by atoms with Crippen LogP contribution in [-0.4, -0.2) is 31.1 Å². The summed E-state index contributed by atoms with van der Waals surface area (Å²) >= 11 is 0. The van der Waals surface area contributed by atoms with E-state index in [1.807, 2.05) is 18.2 Å². The third-order valence-electron chi connectivity index (χ3n) is 2.86. The lowest BCUT2D eigenvalue weighted by atomic mass is 10.1. The molecule has 0 amide bonds. The predicted octanol–water partition coefficient (Wildman–Crippen LogP) is 1.97. The Bertz CT molecular complexity index is 358. The molecule has 1 saturated heterocycles. The third-order valence-corrected chi connectivity index (χ3v) is 2.86. The average molecular weight is 216 g/mol. The molecule has 1 aliphatic heterocycles. The van der Waals surface area contributed by atoms with Crippen LogP contribution in [0.3, 0.4) is 0 Å². The first-order chi connectivity index (χ1) is 7.90. The van der Waals surface area contributed by atoms with Gasteiger partial charge in [-0.15, -0.1) is 0 Å². The molecule has 1 aromatic rings. The lowest BCUT2D eigenvalue weighted by Crippen LogP contribution is -2.38. The molecule has 0 aliphatic carbocycles. The van der Waals surface area contributed by atoms with Crippen LogP contribution in [0.2, 0.25) is 0 Å². The number of rotatable bonds is 3. The van der Waals surface area contributed by atoms with E-state index in [2.05, 4.69) is 23.1 Å². The van der Waals surface area contributed by atoms with Crippen molar-refractivity contribution < 1.29 is 4.74 Å². The summed E-state index contributed by atoms with van der Waals surface area (Å²) in [5, 5.41) is 8.57. The monoisotopic (exact) mass is 216 g/mol. The second-order valence-corrected chi connectivity index (χ2v) is 3.98. The Morgan fingerprint density at radius 1 is 1.38 bits per heavy atom. The van der Waals surface area contributed by atoms with Crippen LogP contribution < -0.4 is 0 Å². The van der Waals surface area contributed by atoms with E-state index < -0.39 is 0 Å². The molecule has 0 unspecified atom stereocenters. The normalized spacial score (nSPS) is 21.6. The molecular formula is C13H16N2O. The summed E-state index contributed by atoms with van der Waals surface area (Å²) in [7, 11) is 0. The van der Waals surface area contributed by atoms with E-state index in [-0.39, 0.29) is 6.10 Å². The van der Waals surface area contributed by atoms with E-state index in [9.17, 15) is 0 Å². The van der Waals surface area contributed by atoms with Gasteiger partial charge in [-0.2, -0.15) is 5.26 Å². The standard InChI is InChI=1S/C13H16N2O/c14-7-4-8-15-9-10-16-13(11-15)12-5-2-1-3-6-12/h1-3,5-6,13H,4,8-11H2/t13-/m1/s1. The molecule has 0 radical (unpaired) electrons. The molecule has 2 rings (SSSR count). The molecule has 0 saturated carbocycles. The quantitative estimate of drug-likeness (QED) is 0.775. The van der Waals surface area contributed by atoms with E-state index in [4.69, 9.17) is 10.00 Å². The summed E-state index contributed by atoms with van der Waals surface area (Å²) in [5.41, 5.74) is 1.23. The van der Waals surface area contributed by atoms with Crippen LogP contribution in [0.5, 0.6) is 0 Å². The van der Waals surface area contributed by atoms with Gasteiger partial charge in [-0.1, -0.05) is 30.3 Å². The molecule has 84 valence electrons. The third kappa shape index (κ3) is 2.82. The number of benzene rings is 1. The molecule has 1 atom stereocenters. The average Bonchev–Trinajstić information content (AvgIpc) is 2.38. The van der Waals surface area contributed by atoms with Crippen LogP contribution in [0.4, 0.5) is 0 Å². The van der Waals surface area contributed by atoms with Crippen molar-refractivity contribution in [3.8, 4) is 6.07 Å². The van der Waals surface area contributed by atoms with E-state index in [1.54, 1.807) is 0 Å². The van der Waals surface area contributed by atoms with Gasteiger partial charge in [0.2, 0.25) is 0 Å². The van der Waals surface area contributed by atoms with E-state index in [1.165, 1.54) is 5.56 Å². The first-order valence-electron chi connectivity index (χ1n) is 5.66. The molecule has 1 fully saturated rings. The zero-order valence-corrected chi connectivity index (χ0v) is 9.30. The number of nitrogens with zero attached hydrogens (tertiary/aromatic N) is 2. The predicted molar refractivity (Wildman–Crippen MR) is 61.8 cm³/mol. The molecule has 0 bridgehead atoms. The van der Waals surface area contributed by atoms with Crippen LogP contribution in [0.1, 0.15) is 18.1 Å². The van der Waals surface area contributed by atoms with E-state index in [0.717, 1.165) is 26.2 Å². The Morgan fingerprint density at radius 2 is 2.19 bits per heavy atom. The van der Waals surface area contributed by atoms with Crippen LogP contribution >= 0.6 is 0 Å². The highest BCUT2D eigenvalue weighted by Crippen LogP contribution is 2.21. The lowest BCUT2D eigenvalue weighted by Gasteiger charge is -2.32. The molecule has 1 aliphatic rings. The maximum Gasteiger partial charge on any atom is 0.0952 e. The lowest BCUT2D eigenvalue weighted by molar-refractivity contribution is -0.0292. The second kappa shape index (κ2) is 5.64. The fourth-order valence-corrected chi connectivity index (χ4v) is 1.98. The SMILES string of the molecule is N#CCCN1CCO[C@@H](c2ccccc2)C1. The van der Waals surface area contributed by atoms with Crippen molar-refractivity contribution in [2.45, 2.75) is 12.5 Å². The number of hydrogen-bond donors (Lipinski definition) is 0. The summed E-state index contributed by atoms with van der Waals surface area (Å²) in [6.45, 7) is 3.44. The maximum atomic E-state index is 8.57. The number of ether oxygens (including phenoxy) is 1. The van der Waals surface area contributed by atoms with Crippen LogP contribution in [0.15, 0.2) is 30.3 Å². The van der Waals surface area contributed by atoms with E-state index in [0.29, 0.717) is 6.42 Å². The number of hydrogen-bond acceptors (Lipinski definition) is 3. The van der Waals surface area contributed by atoms with Gasteiger partial charge in [0.1, 0.15) is 0 Å². The summed E-state index contributed by atoms with van der Waals surface area (Å²) in [5.74, 6) is 0. The van der Waals surface area contributed by atoms with Crippen LogP contribution in [0.25, 0.3) is 0 Å². The minimum Gasteiger partial charge on any atom is -0.371 e. The van der Waals surface area contributed by atoms with E-state index >= 15 is 0 Å². The molecule has 1 heterocycles. The molecule has 16 heavy (non-hydrogen) atoms. The highest BCUT2D eigenvalue weighted by atomic mass is 16.5. The van der Waals surface area contributed by atoms with Gasteiger partial charge < -0.3 is 4.74 Å². The molecule has 0 N–H and O–H groups in total. The molecule has 0 spiro atoms. The maximum absolute atomic E-state index is 8.57. The van der Waals surface area contributed by atoms with Gasteiger partial charge in [-0.25, -0.2) is 0 Å². The molecule has 1 aromatic carbocycles. The molecular weight excluding hydrogens is 200 g/mol. The van der Waals surface area contributed by atoms with Crippen molar-refractivity contribution in [3.63, 3.8) is 0 Å². The largest absolute Gasteiger partial charge is 0.371 e. The van der Waals surface area contributed by atoms with Crippen molar-refractivity contribution >= 4 is 0 Å². The van der Waals surface area contributed by atoms with Crippen molar-refractivity contribution in [2.24, 2.45) is 0 Å². The highest BCUT2D eigenvalue weighted by Gasteiger charge is 2.20. The molecule has 0 aromatic heterocycles. The topological polar surface area (TPSA) is 36.3 Å². The smallest absolute Gasteiger partial charge is 0.0952 e. The summed E-state index contributed by atoms with van der Waals surface area (Å²) in [4.78, 5) is 2.30. The Labute approximate surface area is 96.2 Å². The minimum absolute atomic E-state index is 0.161. The first-order valence-corrected chi connectivity index (χ1v) is 5.66. The van der Waals surface area contributed by atoms with Crippen LogP contribution in [-0.2, 0) is 4.74 Å². The van der Waals surface area contributed by atoms with Crippen molar-refractivity contribution in [1.29, 1.82) is 5.26 Å². The van der Waals surface area contributed by atoms with Gasteiger partial charge in [-0.3, -0.25) is 4.90 Å². The van der Waals surface area contributed by atoms with Crippen molar-refractivity contribution in [1.82, 2.24) is 4.90 Å². The zero-order valence-electron chi connectivity index (χ0n) is 9.30. The second-order valence-electron chi connectivity index (χ2n) is 3.98. The van der Waals surface area contributed by atoms with Gasteiger partial charge in [-0.05, 0) is 5.56 Å². The van der Waals surface area contributed by atoms with Gasteiger partial charge >= 0.3 is 0 Å². The van der Waals surface area contributed by atoms with Gasteiger partial charge in [0.25, 0.3) is 0 Å². The molecule has 3 nitrogen and oxygen atoms in total. The fourth-order valence-electron chi connectivity index (χ4n) is 1.98. The first kappa shape index (κ1) is 11.1. The Hall–Kier alpha value is -1.37. The van der Waals surface area contributed by atoms with Crippen molar-refractivity contribution in [3.05, 3.63) is 35.9 Å². The van der Waals surface area contributed by atoms with Gasteiger partial charge in [0, 0.05) is 26.1 Å². The number of morpholine rings is 1. The van der Waals surface area contributed by atoms with Crippen LogP contribution in [0, 0.1) is 11.3 Å². The Balaban J connectivity index is 1.94. The highest BCUT2D eigenvalue weighted by molar-refractivity contribution is 5.18. The molecule has 3 heteroatoms. The Kier molecular flexibility index (Phi) is 3.92. The van der Waals surface area contributed by atoms with Gasteiger partial charge in [0.05, 0.1) is 18.8 Å². The summed E-state index contributed by atoms with van der Waals surface area (Å²) < 4.78 is 5.75. The summed E-state index contributed by atoms with van der Waals surface area (Å²) in [6.07, 6.45) is 0.760. The Morgan fingerprint density at radius 3 is 2.94 bits per heavy atom. The zero-order chi connectivity index (χ0) is 11.2.